The third kappa shape index (κ3) is 5.22. The van der Waals surface area contributed by atoms with Crippen LogP contribution in [-0.4, -0.2) is 13.2 Å². The van der Waals surface area contributed by atoms with E-state index in [4.69, 9.17) is 9.47 Å². The van der Waals surface area contributed by atoms with Crippen LogP contribution in [0.4, 0.5) is 13.2 Å². The third-order valence-corrected chi connectivity index (χ3v) is 6.52. The van der Waals surface area contributed by atoms with Gasteiger partial charge in [-0.15, -0.1) is 0 Å². The minimum absolute atomic E-state index is 0.0748. The highest BCUT2D eigenvalue weighted by Crippen LogP contribution is 2.40. The van der Waals surface area contributed by atoms with Gasteiger partial charge in [0.15, 0.2) is 0 Å². The van der Waals surface area contributed by atoms with E-state index < -0.39 is 23.9 Å². The van der Waals surface area contributed by atoms with Crippen LogP contribution in [0.1, 0.15) is 88.9 Å². The predicted octanol–water partition coefficient (Wildman–Crippen LogP) is 7.24. The van der Waals surface area contributed by atoms with Gasteiger partial charge in [0.05, 0.1) is 24.9 Å². The van der Waals surface area contributed by atoms with Crippen LogP contribution in [0.15, 0.2) is 12.1 Å². The van der Waals surface area contributed by atoms with E-state index in [9.17, 15) is 13.2 Å². The van der Waals surface area contributed by atoms with Crippen LogP contribution in [0.2, 0.25) is 0 Å². The average molecular weight is 399 g/mol. The van der Waals surface area contributed by atoms with Crippen molar-refractivity contribution in [3.8, 4) is 5.75 Å². The van der Waals surface area contributed by atoms with Crippen LogP contribution in [0.25, 0.3) is 0 Å². The highest BCUT2D eigenvalue weighted by atomic mass is 19.3. The number of ether oxygens (including phenoxy) is 2. The van der Waals surface area contributed by atoms with E-state index in [1.54, 1.807) is 13.0 Å². The monoisotopic (exact) mass is 398 g/mol. The Kier molecular flexibility index (Phi) is 7.67. The fourth-order valence-corrected chi connectivity index (χ4v) is 4.69. The summed E-state index contributed by atoms with van der Waals surface area (Å²) in [6.45, 7) is 4.84. The fraction of sp³-hybridized carbons (Fsp3) is 0.739. The van der Waals surface area contributed by atoms with Crippen LogP contribution in [-0.2, 0) is 4.74 Å². The molecule has 2 unspecified atom stereocenters. The van der Waals surface area contributed by atoms with E-state index in [2.05, 4.69) is 6.92 Å². The van der Waals surface area contributed by atoms with Gasteiger partial charge in [-0.1, -0.05) is 39.0 Å². The Morgan fingerprint density at radius 2 is 1.71 bits per heavy atom. The lowest BCUT2D eigenvalue weighted by Gasteiger charge is -2.32. The smallest absolute Gasteiger partial charge is 0.270 e. The van der Waals surface area contributed by atoms with Gasteiger partial charge >= 0.3 is 0 Å². The molecule has 2 atom stereocenters. The fourth-order valence-electron chi connectivity index (χ4n) is 4.69. The summed E-state index contributed by atoms with van der Waals surface area (Å²) in [5.74, 6) is 1.26. The Bertz CT molecular complexity index is 619. The number of alkyl halides is 2. The minimum Gasteiger partial charge on any atom is -0.493 e. The molecular formula is C23H33F3O2. The van der Waals surface area contributed by atoms with Gasteiger partial charge in [-0.3, -0.25) is 0 Å². The van der Waals surface area contributed by atoms with Gasteiger partial charge in [0.25, 0.3) is 6.43 Å². The molecule has 1 saturated heterocycles. The zero-order valence-electron chi connectivity index (χ0n) is 17.1. The van der Waals surface area contributed by atoms with Crippen LogP contribution in [0, 0.1) is 23.6 Å². The molecule has 0 N–H and O–H groups in total. The quantitative estimate of drug-likeness (QED) is 0.482. The summed E-state index contributed by atoms with van der Waals surface area (Å²) in [6.07, 6.45) is 6.06. The molecule has 0 radical (unpaired) electrons. The molecular weight excluding hydrogens is 365 g/mol. The minimum atomic E-state index is -2.91. The lowest BCUT2D eigenvalue weighted by Crippen LogP contribution is -2.23. The maximum absolute atomic E-state index is 14.8. The van der Waals surface area contributed by atoms with Crippen LogP contribution in [0.3, 0.4) is 0 Å². The predicted molar refractivity (Wildman–Crippen MR) is 104 cm³/mol. The summed E-state index contributed by atoms with van der Waals surface area (Å²) in [7, 11) is 0. The van der Waals surface area contributed by atoms with Crippen molar-refractivity contribution in [2.45, 2.75) is 77.7 Å². The molecule has 1 aliphatic heterocycles. The topological polar surface area (TPSA) is 18.5 Å². The lowest BCUT2D eigenvalue weighted by atomic mass is 9.79. The van der Waals surface area contributed by atoms with E-state index in [1.807, 2.05) is 0 Å². The Balaban J connectivity index is 1.55. The van der Waals surface area contributed by atoms with Crippen molar-refractivity contribution in [1.82, 2.24) is 0 Å². The summed E-state index contributed by atoms with van der Waals surface area (Å²) >= 11 is 0. The number of halogens is 3. The van der Waals surface area contributed by atoms with E-state index in [-0.39, 0.29) is 17.9 Å². The third-order valence-electron chi connectivity index (χ3n) is 6.52. The van der Waals surface area contributed by atoms with Gasteiger partial charge in [0.1, 0.15) is 11.6 Å². The molecule has 2 fully saturated rings. The maximum atomic E-state index is 14.8. The number of benzene rings is 1. The molecule has 1 saturated carbocycles. The Morgan fingerprint density at radius 3 is 2.32 bits per heavy atom. The molecule has 2 aliphatic rings. The molecule has 1 aliphatic carbocycles. The Hall–Kier alpha value is -1.23. The summed E-state index contributed by atoms with van der Waals surface area (Å²) < 4.78 is 52.6. The van der Waals surface area contributed by atoms with Crippen LogP contribution < -0.4 is 4.74 Å². The number of hydrogen-bond acceptors (Lipinski definition) is 2. The molecule has 28 heavy (non-hydrogen) atoms. The maximum Gasteiger partial charge on any atom is 0.270 e. The van der Waals surface area contributed by atoms with Gasteiger partial charge in [-0.2, -0.15) is 0 Å². The van der Waals surface area contributed by atoms with Gasteiger partial charge < -0.3 is 9.47 Å². The molecule has 3 rings (SSSR count). The molecule has 1 aromatic carbocycles. The summed E-state index contributed by atoms with van der Waals surface area (Å²) in [5.41, 5.74) is -0.407. The van der Waals surface area contributed by atoms with Crippen molar-refractivity contribution < 1.29 is 22.6 Å². The first-order valence-electron chi connectivity index (χ1n) is 10.8. The van der Waals surface area contributed by atoms with Gasteiger partial charge in [-0.25, -0.2) is 13.2 Å². The molecule has 1 aromatic rings. The largest absolute Gasteiger partial charge is 0.493 e. The highest BCUT2D eigenvalue weighted by Gasteiger charge is 2.30. The summed E-state index contributed by atoms with van der Waals surface area (Å²) in [4.78, 5) is 0. The molecule has 1 heterocycles. The van der Waals surface area contributed by atoms with Gasteiger partial charge in [-0.05, 0) is 56.1 Å². The molecule has 0 aromatic heterocycles. The van der Waals surface area contributed by atoms with E-state index in [0.717, 1.165) is 24.7 Å². The van der Waals surface area contributed by atoms with E-state index >= 15 is 0 Å². The zero-order valence-corrected chi connectivity index (χ0v) is 17.1. The van der Waals surface area contributed by atoms with Gasteiger partial charge in [0.2, 0.25) is 0 Å². The molecule has 0 amide bonds. The zero-order chi connectivity index (χ0) is 20.1. The van der Waals surface area contributed by atoms with Crippen molar-refractivity contribution >= 4 is 0 Å². The first-order chi connectivity index (χ1) is 13.5. The normalized spacial score (nSPS) is 28.5. The van der Waals surface area contributed by atoms with Crippen molar-refractivity contribution in [2.75, 3.05) is 13.2 Å². The molecule has 5 heteroatoms. The first kappa shape index (κ1) is 21.5. The average Bonchev–Trinajstić information content (AvgIpc) is 2.68. The van der Waals surface area contributed by atoms with Crippen LogP contribution >= 0.6 is 0 Å². The lowest BCUT2D eigenvalue weighted by molar-refractivity contribution is -0.0231. The number of rotatable bonds is 7. The molecule has 0 spiro atoms. The molecule has 158 valence electrons. The highest BCUT2D eigenvalue weighted by molar-refractivity contribution is 5.40. The number of hydrogen-bond donors (Lipinski definition) is 0. The molecule has 0 bridgehead atoms. The van der Waals surface area contributed by atoms with E-state index in [1.165, 1.54) is 38.2 Å². The standard InChI is InChI=1S/C23H33F3O2/c1-3-27-20-13-11-18(22(24)21(20)23(25)26)19-12-10-17(14-28-19)9-8-16-6-4-15(2)5-7-16/h11,13,15-17,19,23H,3-10,12,14H2,1-2H3. The Morgan fingerprint density at radius 1 is 1.04 bits per heavy atom. The summed E-state index contributed by atoms with van der Waals surface area (Å²) in [5, 5.41) is 0. The summed E-state index contributed by atoms with van der Waals surface area (Å²) in [6, 6.07) is 2.99. The SMILES string of the molecule is CCOc1ccc(C2CCC(CCC3CCC(C)CC3)CO2)c(F)c1C(F)F. The van der Waals surface area contributed by atoms with Crippen molar-refractivity contribution in [3.63, 3.8) is 0 Å². The second-order valence-corrected chi connectivity index (χ2v) is 8.58. The van der Waals surface area contributed by atoms with Crippen molar-refractivity contribution in [2.24, 2.45) is 17.8 Å². The second-order valence-electron chi connectivity index (χ2n) is 8.58. The van der Waals surface area contributed by atoms with Crippen molar-refractivity contribution in [3.05, 3.63) is 29.1 Å². The van der Waals surface area contributed by atoms with Crippen LogP contribution in [0.5, 0.6) is 5.75 Å². The van der Waals surface area contributed by atoms with E-state index in [0.29, 0.717) is 18.9 Å². The Labute approximate surface area is 166 Å². The second kappa shape index (κ2) is 10.00. The van der Waals surface area contributed by atoms with Crippen molar-refractivity contribution in [1.29, 1.82) is 0 Å². The molecule has 2 nitrogen and oxygen atoms in total. The van der Waals surface area contributed by atoms with Gasteiger partial charge in [0, 0.05) is 5.56 Å². The first-order valence-corrected chi connectivity index (χ1v) is 10.8.